The monoisotopic (exact) mass is 613 g/mol. The standard InChI is InChI=1S/C35H35N9O2/c1-46-29-13-11-27(29)39-35(45)28-12-14-32-41-33(34(44(32)42-28)25-5-3-2-4-6-25)24-9-7-23(8-10-24)22-43-19-16-26(17-20-43)38-30-15-18-37-31(21-36)40-30/h2-10,12,14-15,18,26-27,29H,11,13,16-17,19-20,22H2,1H3,(H,39,45)(H,37,38,40)/t27-,29-/m1/s1. The van der Waals surface area contributed by atoms with Crippen LogP contribution in [0.15, 0.2) is 79.0 Å². The van der Waals surface area contributed by atoms with Crippen molar-refractivity contribution in [2.24, 2.45) is 0 Å². The Kier molecular flexibility index (Phi) is 8.37. The molecule has 2 fully saturated rings. The molecule has 0 bridgehead atoms. The second-order valence-corrected chi connectivity index (χ2v) is 11.9. The Labute approximate surface area is 267 Å². The van der Waals surface area contributed by atoms with Crippen LogP contribution in [0.4, 0.5) is 5.82 Å². The first kappa shape index (κ1) is 29.5. The van der Waals surface area contributed by atoms with Crippen molar-refractivity contribution in [1.82, 2.24) is 34.8 Å². The summed E-state index contributed by atoms with van der Waals surface area (Å²) in [4.78, 5) is 28.7. The molecule has 1 aliphatic carbocycles. The first-order chi connectivity index (χ1) is 22.6. The van der Waals surface area contributed by atoms with Crippen molar-refractivity contribution in [3.05, 3.63) is 96.1 Å². The molecule has 11 heteroatoms. The smallest absolute Gasteiger partial charge is 0.272 e. The van der Waals surface area contributed by atoms with Crippen molar-refractivity contribution in [3.8, 4) is 28.6 Å². The molecule has 1 aliphatic heterocycles. The third-order valence-electron chi connectivity index (χ3n) is 8.92. The van der Waals surface area contributed by atoms with Crippen LogP contribution in [0.25, 0.3) is 28.2 Å². The normalized spacial score (nSPS) is 18.5. The molecular weight excluding hydrogens is 578 g/mol. The van der Waals surface area contributed by atoms with Crippen LogP contribution in [-0.4, -0.2) is 73.8 Å². The second-order valence-electron chi connectivity index (χ2n) is 11.9. The molecule has 2 atom stereocenters. The number of carbonyl (C=O) groups is 1. The third kappa shape index (κ3) is 6.18. The van der Waals surface area contributed by atoms with Crippen molar-refractivity contribution in [2.45, 2.75) is 50.4 Å². The number of ether oxygens (including phenoxy) is 1. The molecule has 0 unspecified atom stereocenters. The van der Waals surface area contributed by atoms with E-state index >= 15 is 0 Å². The summed E-state index contributed by atoms with van der Waals surface area (Å²) in [6.45, 7) is 2.80. The van der Waals surface area contributed by atoms with E-state index < -0.39 is 0 Å². The number of rotatable bonds is 9. The average Bonchev–Trinajstić information content (AvgIpc) is 3.47. The van der Waals surface area contributed by atoms with Crippen molar-refractivity contribution in [3.63, 3.8) is 0 Å². The number of methoxy groups -OCH3 is 1. The van der Waals surface area contributed by atoms with E-state index in [1.165, 1.54) is 5.56 Å². The van der Waals surface area contributed by atoms with Gasteiger partial charge in [0.2, 0.25) is 5.82 Å². The molecule has 1 saturated carbocycles. The van der Waals surface area contributed by atoms with Crippen LogP contribution < -0.4 is 10.6 Å². The Morgan fingerprint density at radius 3 is 2.48 bits per heavy atom. The lowest BCUT2D eigenvalue weighted by Crippen LogP contribution is -2.51. The van der Waals surface area contributed by atoms with Crippen molar-refractivity contribution < 1.29 is 9.53 Å². The molecule has 0 spiro atoms. The van der Waals surface area contributed by atoms with Crippen molar-refractivity contribution in [1.29, 1.82) is 5.26 Å². The quantitative estimate of drug-likeness (QED) is 0.243. The van der Waals surface area contributed by atoms with Crippen molar-refractivity contribution >= 4 is 17.4 Å². The summed E-state index contributed by atoms with van der Waals surface area (Å²) in [5.41, 5.74) is 5.87. The van der Waals surface area contributed by atoms with E-state index in [2.05, 4.69) is 49.8 Å². The maximum atomic E-state index is 13.1. The van der Waals surface area contributed by atoms with Gasteiger partial charge < -0.3 is 15.4 Å². The van der Waals surface area contributed by atoms with Crippen LogP contribution in [0, 0.1) is 11.3 Å². The first-order valence-corrected chi connectivity index (χ1v) is 15.7. The lowest BCUT2D eigenvalue weighted by atomic mass is 9.89. The number of aromatic nitrogens is 5. The van der Waals surface area contributed by atoms with E-state index in [9.17, 15) is 4.79 Å². The minimum Gasteiger partial charge on any atom is -0.379 e. The maximum absolute atomic E-state index is 13.1. The molecule has 7 rings (SSSR count). The van der Waals surface area contributed by atoms with E-state index in [-0.39, 0.29) is 23.9 Å². The van der Waals surface area contributed by atoms with Gasteiger partial charge in [-0.15, -0.1) is 0 Å². The van der Waals surface area contributed by atoms with E-state index in [0.717, 1.165) is 67.8 Å². The number of likely N-dealkylation sites (tertiary alicyclic amines) is 1. The molecular formula is C35H35N9O2. The minimum atomic E-state index is -0.214. The largest absolute Gasteiger partial charge is 0.379 e. The van der Waals surface area contributed by atoms with Gasteiger partial charge in [0.15, 0.2) is 5.65 Å². The fourth-order valence-corrected chi connectivity index (χ4v) is 6.23. The summed E-state index contributed by atoms with van der Waals surface area (Å²) in [6.07, 6.45) is 5.50. The minimum absolute atomic E-state index is 0.00604. The predicted octanol–water partition coefficient (Wildman–Crippen LogP) is 4.71. The summed E-state index contributed by atoms with van der Waals surface area (Å²) >= 11 is 0. The molecule has 4 heterocycles. The summed E-state index contributed by atoms with van der Waals surface area (Å²) < 4.78 is 7.23. The van der Waals surface area contributed by atoms with E-state index in [0.29, 0.717) is 23.2 Å². The Morgan fingerprint density at radius 1 is 0.957 bits per heavy atom. The van der Waals surface area contributed by atoms with Crippen LogP contribution >= 0.6 is 0 Å². The highest BCUT2D eigenvalue weighted by atomic mass is 16.5. The van der Waals surface area contributed by atoms with E-state index in [1.807, 2.05) is 42.5 Å². The molecule has 5 aromatic rings. The van der Waals surface area contributed by atoms with Crippen molar-refractivity contribution in [2.75, 3.05) is 25.5 Å². The number of fused-ring (bicyclic) bond motifs is 1. The van der Waals surface area contributed by atoms with E-state index in [1.54, 1.807) is 30.0 Å². The number of piperidine rings is 1. The summed E-state index contributed by atoms with van der Waals surface area (Å²) in [6, 6.07) is 26.3. The van der Waals surface area contributed by atoms with Crippen LogP contribution in [0.2, 0.25) is 0 Å². The molecule has 46 heavy (non-hydrogen) atoms. The number of hydrogen-bond acceptors (Lipinski definition) is 9. The highest BCUT2D eigenvalue weighted by Crippen LogP contribution is 2.33. The van der Waals surface area contributed by atoms with Gasteiger partial charge in [-0.1, -0.05) is 54.6 Å². The fraction of sp³-hybridized carbons (Fsp3) is 0.314. The molecule has 11 nitrogen and oxygen atoms in total. The predicted molar refractivity (Wildman–Crippen MR) is 174 cm³/mol. The lowest BCUT2D eigenvalue weighted by molar-refractivity contribution is 0.00719. The first-order valence-electron chi connectivity index (χ1n) is 15.7. The maximum Gasteiger partial charge on any atom is 0.272 e. The van der Waals surface area contributed by atoms with Crippen LogP contribution in [-0.2, 0) is 11.3 Å². The molecule has 2 aromatic carbocycles. The van der Waals surface area contributed by atoms with Gasteiger partial charge in [-0.3, -0.25) is 9.69 Å². The number of hydrogen-bond donors (Lipinski definition) is 2. The van der Waals surface area contributed by atoms with Gasteiger partial charge in [-0.2, -0.15) is 10.4 Å². The van der Waals surface area contributed by atoms with Gasteiger partial charge in [0.25, 0.3) is 5.91 Å². The Balaban J connectivity index is 1.07. The molecule has 1 amide bonds. The fourth-order valence-electron chi connectivity index (χ4n) is 6.23. The van der Waals surface area contributed by atoms with Gasteiger partial charge >= 0.3 is 0 Å². The number of nitriles is 1. The zero-order valence-corrected chi connectivity index (χ0v) is 25.6. The highest BCUT2D eigenvalue weighted by Gasteiger charge is 2.32. The number of anilines is 1. The Bertz CT molecular complexity index is 1870. The third-order valence-corrected chi connectivity index (χ3v) is 8.92. The number of carbonyl (C=O) groups excluding carboxylic acids is 1. The topological polar surface area (TPSA) is 133 Å². The van der Waals surface area contributed by atoms with Crippen LogP contribution in [0.3, 0.4) is 0 Å². The van der Waals surface area contributed by atoms with Crippen LogP contribution in [0.5, 0.6) is 0 Å². The number of nitrogens with one attached hydrogen (secondary N) is 2. The SMILES string of the molecule is CO[C@@H]1CC[C@H]1NC(=O)c1ccc2nc(-c3ccc(CN4CCC(Nc5ccnc(C#N)n5)CC4)cc3)c(-c3ccccc3)n2n1. The van der Waals surface area contributed by atoms with Gasteiger partial charge in [0.1, 0.15) is 23.3 Å². The second kappa shape index (κ2) is 13.0. The van der Waals surface area contributed by atoms with E-state index in [4.69, 9.17) is 20.1 Å². The molecule has 1 saturated heterocycles. The van der Waals surface area contributed by atoms with Gasteiger partial charge in [0.05, 0.1) is 17.8 Å². The number of nitrogens with zero attached hydrogens (tertiary/aromatic N) is 7. The lowest BCUT2D eigenvalue weighted by Gasteiger charge is -2.35. The molecule has 0 radical (unpaired) electrons. The average molecular weight is 614 g/mol. The zero-order chi connectivity index (χ0) is 31.5. The molecule has 2 N–H and O–H groups in total. The number of imidazole rings is 1. The Hall–Kier alpha value is -5.18. The molecule has 2 aliphatic rings. The Morgan fingerprint density at radius 2 is 1.76 bits per heavy atom. The van der Waals surface area contributed by atoms with Gasteiger partial charge in [-0.05, 0) is 49.4 Å². The van der Waals surface area contributed by atoms with Crippen LogP contribution in [0.1, 0.15) is 47.6 Å². The number of amides is 1. The van der Waals surface area contributed by atoms with Gasteiger partial charge in [0, 0.05) is 50.1 Å². The summed E-state index contributed by atoms with van der Waals surface area (Å²) in [5.74, 6) is 0.666. The summed E-state index contributed by atoms with van der Waals surface area (Å²) in [5, 5.41) is 20.4. The summed E-state index contributed by atoms with van der Waals surface area (Å²) in [7, 11) is 1.68. The molecule has 3 aromatic heterocycles. The van der Waals surface area contributed by atoms with Gasteiger partial charge in [-0.25, -0.2) is 19.5 Å². The number of benzene rings is 2. The zero-order valence-electron chi connectivity index (χ0n) is 25.6. The highest BCUT2D eigenvalue weighted by molar-refractivity contribution is 5.93. The molecule has 232 valence electrons.